The fraction of sp³-hybridized carbons (Fsp3) is 0.951. The highest BCUT2D eigenvalue weighted by Gasteiger charge is 2.54. The van der Waals surface area contributed by atoms with E-state index in [4.69, 9.17) is 47.4 Å². The van der Waals surface area contributed by atoms with E-state index in [2.05, 4.69) is 10.6 Å². The SMILES string of the molecule is CCCOCCOCCCOCCOCC[C@@H](O)[C@H](O)C(O)[C@@H](O)O[C@@H]1C(CO)O[C@@H](O[C@@H]2C(CO[C@@H]3O[C@@H](C)[C@@H](O)C(O)C3O)O[C@@H](C(C)C)C(NC(C)=O)[C@H]2O)C(NC(C)=O)[C@H]1O. The van der Waals surface area contributed by atoms with Crippen molar-refractivity contribution in [1.82, 2.24) is 10.6 Å². The van der Waals surface area contributed by atoms with E-state index >= 15 is 0 Å². The number of ether oxygens (including phenoxy) is 10. The average molecular weight is 949 g/mol. The van der Waals surface area contributed by atoms with E-state index in [-0.39, 0.29) is 32.2 Å². The summed E-state index contributed by atoms with van der Waals surface area (Å²) in [5, 5.41) is 113. The largest absolute Gasteiger partial charge is 0.394 e. The topological polar surface area (TPSA) is 353 Å². The minimum absolute atomic E-state index is 0.0478. The number of carbonyl (C=O) groups is 2. The van der Waals surface area contributed by atoms with Crippen LogP contribution < -0.4 is 10.6 Å². The minimum atomic E-state index is -2.30. The van der Waals surface area contributed by atoms with Crippen molar-refractivity contribution >= 4 is 11.8 Å². The Balaban J connectivity index is 1.65. The van der Waals surface area contributed by atoms with Gasteiger partial charge in [0.15, 0.2) is 18.9 Å². The Morgan fingerprint density at radius 2 is 1.22 bits per heavy atom. The van der Waals surface area contributed by atoms with Crippen LogP contribution in [0.4, 0.5) is 0 Å². The summed E-state index contributed by atoms with van der Waals surface area (Å²) in [5.41, 5.74) is 0. The maximum Gasteiger partial charge on any atom is 0.217 e. The highest BCUT2D eigenvalue weighted by atomic mass is 16.7. The van der Waals surface area contributed by atoms with Crippen molar-refractivity contribution in [1.29, 1.82) is 0 Å². The molecule has 65 heavy (non-hydrogen) atoms. The predicted molar refractivity (Wildman–Crippen MR) is 221 cm³/mol. The molecule has 382 valence electrons. The van der Waals surface area contributed by atoms with E-state index in [1.54, 1.807) is 13.8 Å². The van der Waals surface area contributed by atoms with Crippen molar-refractivity contribution in [3.05, 3.63) is 0 Å². The van der Waals surface area contributed by atoms with Gasteiger partial charge in [0.05, 0.1) is 64.0 Å². The van der Waals surface area contributed by atoms with Crippen LogP contribution in [0.3, 0.4) is 0 Å². The Morgan fingerprint density at radius 1 is 0.646 bits per heavy atom. The summed E-state index contributed by atoms with van der Waals surface area (Å²) >= 11 is 0. The number of hydrogen-bond donors (Lipinski definition) is 12. The molecule has 12 N–H and O–H groups in total. The van der Waals surface area contributed by atoms with Gasteiger partial charge in [-0.05, 0) is 32.1 Å². The molecule has 24 nitrogen and oxygen atoms in total. The monoisotopic (exact) mass is 948 g/mol. The summed E-state index contributed by atoms with van der Waals surface area (Å²) < 4.78 is 57.1. The van der Waals surface area contributed by atoms with Gasteiger partial charge in [-0.3, -0.25) is 9.59 Å². The van der Waals surface area contributed by atoms with Crippen LogP contribution in [0.25, 0.3) is 0 Å². The summed E-state index contributed by atoms with van der Waals surface area (Å²) in [4.78, 5) is 24.8. The Morgan fingerprint density at radius 3 is 1.78 bits per heavy atom. The molecule has 0 aliphatic carbocycles. The number of amides is 2. The summed E-state index contributed by atoms with van der Waals surface area (Å²) in [6.45, 7) is 11.0. The average Bonchev–Trinajstić information content (AvgIpc) is 3.26. The second-order valence-corrected chi connectivity index (χ2v) is 16.8. The minimum Gasteiger partial charge on any atom is -0.394 e. The summed E-state index contributed by atoms with van der Waals surface area (Å²) in [6.07, 6.45) is -25.9. The summed E-state index contributed by atoms with van der Waals surface area (Å²) in [6, 6.07) is -2.68. The van der Waals surface area contributed by atoms with Crippen LogP contribution in [0.15, 0.2) is 0 Å². The first-order chi connectivity index (χ1) is 30.8. The first-order valence-electron chi connectivity index (χ1n) is 22.3. The molecule has 3 aliphatic rings. The van der Waals surface area contributed by atoms with Crippen LogP contribution in [-0.2, 0) is 57.0 Å². The predicted octanol–water partition coefficient (Wildman–Crippen LogP) is -4.87. The molecule has 19 atom stereocenters. The van der Waals surface area contributed by atoms with Gasteiger partial charge in [0.1, 0.15) is 73.2 Å². The zero-order valence-corrected chi connectivity index (χ0v) is 38.1. The number of aliphatic hydroxyl groups excluding tert-OH is 10. The van der Waals surface area contributed by atoms with Crippen molar-refractivity contribution in [2.75, 3.05) is 66.1 Å². The van der Waals surface area contributed by atoms with Crippen LogP contribution in [0.2, 0.25) is 0 Å². The van der Waals surface area contributed by atoms with Gasteiger partial charge in [0, 0.05) is 40.3 Å². The molecule has 0 radical (unpaired) electrons. The second-order valence-electron chi connectivity index (χ2n) is 16.8. The Labute approximate surface area is 379 Å². The standard InChI is InChI=1S/C41H76N2O22/c1-7-10-56-14-15-57-11-8-12-58-16-17-59-13-9-24(47)30(49)34(53)39(55)64-37-25(18-44)63-40(28(32(37)51)43-23(6)46)65-38-26(19-60-41-35(54)33(52)29(48)21(4)61-41)62-36(20(2)3)27(31(38)50)42-22(5)45/h20-21,24-41,44,47-55H,7-19H2,1-6H3,(H,42,45)(H,43,46)/t21-,24+,25?,26?,27?,28?,29+,30-,31+,32+,33?,34?,35?,36-,37+,38+,39-,40-,41+/m0/s1. The molecule has 2 amide bonds. The van der Waals surface area contributed by atoms with Gasteiger partial charge in [-0.1, -0.05) is 20.8 Å². The number of carbonyl (C=O) groups excluding carboxylic acids is 2. The Hall–Kier alpha value is -1.86. The van der Waals surface area contributed by atoms with Crippen LogP contribution in [0, 0.1) is 5.92 Å². The normalized spacial score (nSPS) is 35.1. The molecular formula is C41H76N2O22. The molecule has 0 saturated carbocycles. The maximum absolute atomic E-state index is 12.5. The molecular weight excluding hydrogens is 872 g/mol. The zero-order chi connectivity index (χ0) is 48.4. The molecule has 3 saturated heterocycles. The smallest absolute Gasteiger partial charge is 0.217 e. The molecule has 3 fully saturated rings. The molecule has 3 heterocycles. The third-order valence-corrected chi connectivity index (χ3v) is 11.1. The fourth-order valence-corrected chi connectivity index (χ4v) is 7.56. The van der Waals surface area contributed by atoms with Crippen molar-refractivity contribution in [3.8, 4) is 0 Å². The molecule has 0 spiro atoms. The van der Waals surface area contributed by atoms with Gasteiger partial charge in [0.2, 0.25) is 11.8 Å². The molecule has 24 heteroatoms. The molecule has 0 aromatic rings. The molecule has 7 unspecified atom stereocenters. The van der Waals surface area contributed by atoms with E-state index in [0.29, 0.717) is 39.5 Å². The maximum atomic E-state index is 12.5. The Bertz CT molecular complexity index is 1340. The summed E-state index contributed by atoms with van der Waals surface area (Å²) in [7, 11) is 0. The lowest BCUT2D eigenvalue weighted by Crippen LogP contribution is -2.70. The number of rotatable bonds is 29. The molecule has 3 aliphatic heterocycles. The number of hydrogen-bond acceptors (Lipinski definition) is 22. The highest BCUT2D eigenvalue weighted by Crippen LogP contribution is 2.34. The van der Waals surface area contributed by atoms with Gasteiger partial charge >= 0.3 is 0 Å². The molecule has 0 aromatic heterocycles. The van der Waals surface area contributed by atoms with E-state index in [1.807, 2.05) is 6.92 Å². The van der Waals surface area contributed by atoms with Crippen LogP contribution in [-0.4, -0.2) is 245 Å². The first kappa shape index (κ1) is 57.5. The van der Waals surface area contributed by atoms with Crippen molar-refractivity contribution in [2.24, 2.45) is 5.92 Å². The van der Waals surface area contributed by atoms with E-state index < -0.39 is 141 Å². The van der Waals surface area contributed by atoms with E-state index in [0.717, 1.165) is 13.3 Å². The third-order valence-electron chi connectivity index (χ3n) is 11.1. The van der Waals surface area contributed by atoms with Gasteiger partial charge in [-0.25, -0.2) is 0 Å². The van der Waals surface area contributed by atoms with Crippen molar-refractivity contribution < 1.29 is 108 Å². The third kappa shape index (κ3) is 17.6. The van der Waals surface area contributed by atoms with Gasteiger partial charge < -0.3 is 109 Å². The van der Waals surface area contributed by atoms with Crippen LogP contribution in [0.1, 0.15) is 60.8 Å². The first-order valence-corrected chi connectivity index (χ1v) is 22.3. The lowest BCUT2D eigenvalue weighted by molar-refractivity contribution is -0.342. The molecule has 0 bridgehead atoms. The number of aliphatic hydroxyl groups is 10. The summed E-state index contributed by atoms with van der Waals surface area (Å²) in [5.74, 6) is -1.56. The quantitative estimate of drug-likeness (QED) is 0.0247. The Kier molecular flexibility index (Phi) is 25.8. The van der Waals surface area contributed by atoms with Gasteiger partial charge in [-0.2, -0.15) is 0 Å². The lowest BCUT2D eigenvalue weighted by atomic mass is 9.87. The molecule has 3 rings (SSSR count). The number of nitrogens with one attached hydrogen (secondary N) is 2. The van der Waals surface area contributed by atoms with E-state index in [1.165, 1.54) is 13.8 Å². The zero-order valence-electron chi connectivity index (χ0n) is 38.1. The van der Waals surface area contributed by atoms with Crippen molar-refractivity contribution in [3.63, 3.8) is 0 Å². The molecule has 0 aromatic carbocycles. The van der Waals surface area contributed by atoms with E-state index in [9.17, 15) is 60.7 Å². The lowest BCUT2D eigenvalue weighted by Gasteiger charge is -2.50. The fourth-order valence-electron chi connectivity index (χ4n) is 7.56. The van der Waals surface area contributed by atoms with Crippen molar-refractivity contribution in [2.45, 2.75) is 177 Å². The van der Waals surface area contributed by atoms with Gasteiger partial charge in [-0.15, -0.1) is 0 Å². The van der Waals surface area contributed by atoms with Crippen LogP contribution in [0.5, 0.6) is 0 Å². The second kappa shape index (κ2) is 29.2. The highest BCUT2D eigenvalue weighted by molar-refractivity contribution is 5.73. The van der Waals surface area contributed by atoms with Gasteiger partial charge in [0.25, 0.3) is 0 Å². The van der Waals surface area contributed by atoms with Crippen LogP contribution >= 0.6 is 0 Å².